The van der Waals surface area contributed by atoms with Crippen LogP contribution < -0.4 is 5.32 Å². The van der Waals surface area contributed by atoms with Gasteiger partial charge in [-0.2, -0.15) is 0 Å². The largest absolute Gasteiger partial charge is 0.478 e. The van der Waals surface area contributed by atoms with Gasteiger partial charge in [0.25, 0.3) is 0 Å². The maximum Gasteiger partial charge on any atom is 0.333 e. The van der Waals surface area contributed by atoms with Gasteiger partial charge >= 0.3 is 5.97 Å². The first-order valence-corrected chi connectivity index (χ1v) is 6.26. The summed E-state index contributed by atoms with van der Waals surface area (Å²) in [4.78, 5) is 22.1. The van der Waals surface area contributed by atoms with Crippen molar-refractivity contribution in [2.75, 3.05) is 0 Å². The molecule has 104 valence electrons. The van der Waals surface area contributed by atoms with Crippen LogP contribution in [0.2, 0.25) is 0 Å². The van der Waals surface area contributed by atoms with Crippen molar-refractivity contribution in [3.63, 3.8) is 0 Å². The van der Waals surface area contributed by atoms with Crippen LogP contribution in [0.1, 0.15) is 18.9 Å². The molecule has 0 spiro atoms. The van der Waals surface area contributed by atoms with Crippen LogP contribution in [0.5, 0.6) is 0 Å². The van der Waals surface area contributed by atoms with E-state index in [-0.39, 0.29) is 11.5 Å². The predicted molar refractivity (Wildman–Crippen MR) is 78.8 cm³/mol. The lowest BCUT2D eigenvalue weighted by Gasteiger charge is -1.98. The van der Waals surface area contributed by atoms with Crippen molar-refractivity contribution in [2.24, 2.45) is 0 Å². The lowest BCUT2D eigenvalue weighted by molar-refractivity contribution is -0.132. The predicted octanol–water partition coefficient (Wildman–Crippen LogP) is 2.75. The van der Waals surface area contributed by atoms with Crippen molar-refractivity contribution in [3.05, 3.63) is 65.9 Å². The molecule has 0 fully saturated rings. The molecule has 0 aromatic heterocycles. The molecule has 20 heavy (non-hydrogen) atoms. The molecule has 4 nitrogen and oxygen atoms in total. The van der Waals surface area contributed by atoms with E-state index in [1.807, 2.05) is 36.4 Å². The van der Waals surface area contributed by atoms with Gasteiger partial charge in [-0.05, 0) is 12.0 Å². The molecule has 2 N–H and O–H groups in total. The number of rotatable bonds is 6. The second-order valence-corrected chi connectivity index (χ2v) is 3.97. The van der Waals surface area contributed by atoms with Gasteiger partial charge in [0, 0.05) is 12.3 Å². The Labute approximate surface area is 118 Å². The van der Waals surface area contributed by atoms with Gasteiger partial charge in [0.15, 0.2) is 0 Å². The molecular formula is C16H17NO3. The molecule has 0 aliphatic rings. The van der Waals surface area contributed by atoms with E-state index in [0.717, 1.165) is 5.56 Å². The number of aliphatic carboxylic acids is 1. The van der Waals surface area contributed by atoms with Crippen molar-refractivity contribution in [1.29, 1.82) is 0 Å². The van der Waals surface area contributed by atoms with Crippen molar-refractivity contribution < 1.29 is 14.7 Å². The van der Waals surface area contributed by atoms with Gasteiger partial charge in [-0.1, -0.05) is 55.5 Å². The van der Waals surface area contributed by atoms with E-state index in [1.54, 1.807) is 19.1 Å². The third-order valence-electron chi connectivity index (χ3n) is 2.49. The van der Waals surface area contributed by atoms with Crippen LogP contribution in [-0.4, -0.2) is 17.0 Å². The second-order valence-electron chi connectivity index (χ2n) is 3.97. The summed E-state index contributed by atoms with van der Waals surface area (Å²) < 4.78 is 0. The highest BCUT2D eigenvalue weighted by Gasteiger charge is 2.03. The van der Waals surface area contributed by atoms with Gasteiger partial charge in [-0.15, -0.1) is 0 Å². The molecule has 4 heteroatoms. The number of amides is 1. The molecule has 0 bridgehead atoms. The second kappa shape index (κ2) is 8.48. The zero-order chi connectivity index (χ0) is 14.8. The van der Waals surface area contributed by atoms with Crippen LogP contribution in [0, 0.1) is 0 Å². The first kappa shape index (κ1) is 15.4. The number of carbonyl (C=O) groups is 2. The summed E-state index contributed by atoms with van der Waals surface area (Å²) in [5.74, 6) is -1.39. The van der Waals surface area contributed by atoms with Crippen LogP contribution in [0.15, 0.2) is 60.3 Å². The smallest absolute Gasteiger partial charge is 0.333 e. The summed E-state index contributed by atoms with van der Waals surface area (Å²) in [6.45, 7) is 1.71. The third-order valence-corrected chi connectivity index (χ3v) is 2.49. The van der Waals surface area contributed by atoms with Gasteiger partial charge in [-0.3, -0.25) is 4.79 Å². The first-order valence-electron chi connectivity index (χ1n) is 6.26. The number of benzene rings is 1. The van der Waals surface area contributed by atoms with Crippen LogP contribution >= 0.6 is 0 Å². The molecular weight excluding hydrogens is 254 g/mol. The topological polar surface area (TPSA) is 66.4 Å². The van der Waals surface area contributed by atoms with E-state index in [0.29, 0.717) is 6.42 Å². The third kappa shape index (κ3) is 5.82. The van der Waals surface area contributed by atoms with Crippen LogP contribution in [0.4, 0.5) is 0 Å². The molecule has 0 radical (unpaired) electrons. The molecule has 1 rings (SSSR count). The Hall–Kier alpha value is -2.62. The monoisotopic (exact) mass is 271 g/mol. The molecule has 0 unspecified atom stereocenters. The maximum atomic E-state index is 11.4. The minimum absolute atomic E-state index is 0.159. The van der Waals surface area contributed by atoms with Gasteiger partial charge in [-0.25, -0.2) is 4.79 Å². The lowest BCUT2D eigenvalue weighted by Crippen LogP contribution is -2.16. The summed E-state index contributed by atoms with van der Waals surface area (Å²) in [7, 11) is 0. The van der Waals surface area contributed by atoms with E-state index in [9.17, 15) is 9.59 Å². The number of nitrogens with one attached hydrogen (secondary N) is 1. The van der Waals surface area contributed by atoms with Crippen LogP contribution in [0.3, 0.4) is 0 Å². The van der Waals surface area contributed by atoms with Crippen molar-refractivity contribution in [2.45, 2.75) is 13.3 Å². The SMILES string of the molecule is CCC(=CNC(=O)C=CC=Cc1ccccc1)C(=O)O. The number of carbonyl (C=O) groups excluding carboxylic acids is 1. The fourth-order valence-electron chi connectivity index (χ4n) is 1.40. The number of hydrogen-bond acceptors (Lipinski definition) is 2. The van der Waals surface area contributed by atoms with E-state index in [1.165, 1.54) is 12.3 Å². The Morgan fingerprint density at radius 1 is 1.20 bits per heavy atom. The number of carboxylic acid groups (broad SMARTS) is 1. The standard InChI is InChI=1S/C16H17NO3/c1-2-14(16(19)20)12-17-15(18)11-7-6-10-13-8-4-3-5-9-13/h3-12H,2H2,1H3,(H,17,18)(H,19,20). The van der Waals surface area contributed by atoms with Gasteiger partial charge in [0.2, 0.25) is 5.91 Å². The molecule has 0 aliphatic heterocycles. The highest BCUT2D eigenvalue weighted by Crippen LogP contribution is 2.01. The van der Waals surface area contributed by atoms with E-state index in [2.05, 4.69) is 5.32 Å². The van der Waals surface area contributed by atoms with E-state index in [4.69, 9.17) is 5.11 Å². The summed E-state index contributed by atoms with van der Waals surface area (Å²) in [5.41, 5.74) is 1.20. The molecule has 0 saturated heterocycles. The Morgan fingerprint density at radius 3 is 2.50 bits per heavy atom. The first-order chi connectivity index (χ1) is 9.63. The van der Waals surface area contributed by atoms with E-state index >= 15 is 0 Å². The average molecular weight is 271 g/mol. The van der Waals surface area contributed by atoms with Gasteiger partial charge in [0.05, 0.1) is 5.57 Å². The van der Waals surface area contributed by atoms with Crippen LogP contribution in [0.25, 0.3) is 6.08 Å². The molecule has 1 amide bonds. The van der Waals surface area contributed by atoms with Crippen molar-refractivity contribution in [3.8, 4) is 0 Å². The molecule has 0 aliphatic carbocycles. The van der Waals surface area contributed by atoms with E-state index < -0.39 is 5.97 Å². The fourth-order valence-corrected chi connectivity index (χ4v) is 1.40. The van der Waals surface area contributed by atoms with Gasteiger partial charge in [0.1, 0.15) is 0 Å². The van der Waals surface area contributed by atoms with Gasteiger partial charge < -0.3 is 10.4 Å². The molecule has 0 atom stereocenters. The lowest BCUT2D eigenvalue weighted by atomic mass is 10.2. The van der Waals surface area contributed by atoms with Crippen LogP contribution in [-0.2, 0) is 9.59 Å². The Morgan fingerprint density at radius 2 is 1.90 bits per heavy atom. The minimum atomic E-state index is -1.03. The quantitative estimate of drug-likeness (QED) is 0.617. The number of carboxylic acids is 1. The molecule has 0 heterocycles. The molecule has 1 aromatic rings. The molecule has 0 saturated carbocycles. The normalized spacial score (nSPS) is 11.9. The molecule has 1 aromatic carbocycles. The average Bonchev–Trinajstić information content (AvgIpc) is 2.45. The minimum Gasteiger partial charge on any atom is -0.478 e. The summed E-state index contributed by atoms with van der Waals surface area (Å²) in [5, 5.41) is 11.2. The van der Waals surface area contributed by atoms with Crippen molar-refractivity contribution in [1.82, 2.24) is 5.32 Å². The zero-order valence-corrected chi connectivity index (χ0v) is 11.2. The fraction of sp³-hybridized carbons (Fsp3) is 0.125. The zero-order valence-electron chi connectivity index (χ0n) is 11.2. The Bertz CT molecular complexity index is 542. The summed E-state index contributed by atoms with van der Waals surface area (Å²) in [6, 6.07) is 9.69. The number of hydrogen-bond donors (Lipinski definition) is 2. The number of allylic oxidation sites excluding steroid dienone is 2. The van der Waals surface area contributed by atoms with Crippen molar-refractivity contribution >= 4 is 18.0 Å². The summed E-state index contributed by atoms with van der Waals surface area (Å²) >= 11 is 0. The highest BCUT2D eigenvalue weighted by atomic mass is 16.4. The maximum absolute atomic E-state index is 11.4. The Balaban J connectivity index is 2.48. The Kier molecular flexibility index (Phi) is 6.54. The summed E-state index contributed by atoms with van der Waals surface area (Å²) in [6.07, 6.45) is 8.13. The highest BCUT2D eigenvalue weighted by molar-refractivity contribution is 5.91.